The highest BCUT2D eigenvalue weighted by Gasteiger charge is 2.30. The van der Waals surface area contributed by atoms with Crippen LogP contribution in [0.25, 0.3) is 0 Å². The zero-order valence-electron chi connectivity index (χ0n) is 12.3. The van der Waals surface area contributed by atoms with Crippen LogP contribution in [0, 0.1) is 17.0 Å². The lowest BCUT2D eigenvalue weighted by molar-refractivity contribution is -0.385. The molecular formula is C14H20ClN3O3. The van der Waals surface area contributed by atoms with Crippen LogP contribution in [0.1, 0.15) is 29.8 Å². The lowest BCUT2D eigenvalue weighted by Gasteiger charge is -2.38. The van der Waals surface area contributed by atoms with Crippen LogP contribution in [0.3, 0.4) is 0 Å². The van der Waals surface area contributed by atoms with Gasteiger partial charge < -0.3 is 10.2 Å². The molecule has 1 aliphatic rings. The highest BCUT2D eigenvalue weighted by atomic mass is 35.5. The third-order valence-corrected chi connectivity index (χ3v) is 4.03. The second kappa shape index (κ2) is 6.87. The fourth-order valence-electron chi connectivity index (χ4n) is 2.55. The number of rotatable bonds is 2. The molecule has 1 N–H and O–H groups in total. The summed E-state index contributed by atoms with van der Waals surface area (Å²) in [5, 5.41) is 14.3. The molecule has 1 heterocycles. The second-order valence-electron chi connectivity index (χ2n) is 5.19. The fraction of sp³-hybridized carbons (Fsp3) is 0.500. The molecule has 2 unspecified atom stereocenters. The predicted octanol–water partition coefficient (Wildman–Crippen LogP) is 2.15. The summed E-state index contributed by atoms with van der Waals surface area (Å²) in [6.07, 6.45) is 0. The molecule has 1 fully saturated rings. The number of hydrogen-bond donors (Lipinski definition) is 1. The van der Waals surface area contributed by atoms with Gasteiger partial charge in [0.1, 0.15) is 0 Å². The summed E-state index contributed by atoms with van der Waals surface area (Å²) in [5.74, 6) is -0.132. The molecular weight excluding hydrogens is 294 g/mol. The zero-order chi connectivity index (χ0) is 14.9. The van der Waals surface area contributed by atoms with Crippen molar-refractivity contribution >= 4 is 24.0 Å². The van der Waals surface area contributed by atoms with Gasteiger partial charge in [0, 0.05) is 42.4 Å². The van der Waals surface area contributed by atoms with E-state index in [1.807, 2.05) is 13.8 Å². The molecule has 1 aromatic rings. The number of carbonyl (C=O) groups is 1. The molecule has 0 aliphatic carbocycles. The SMILES string of the molecule is Cc1c(C(=O)N2CCNC(C)C2C)cccc1[N+](=O)[O-].Cl. The maximum absolute atomic E-state index is 12.6. The van der Waals surface area contributed by atoms with Crippen molar-refractivity contribution in [1.29, 1.82) is 0 Å². The van der Waals surface area contributed by atoms with E-state index in [0.717, 1.165) is 6.54 Å². The Bertz CT molecular complexity index is 550. The Morgan fingerprint density at radius 1 is 1.43 bits per heavy atom. The molecule has 2 rings (SSSR count). The van der Waals surface area contributed by atoms with Crippen LogP contribution in [0.2, 0.25) is 0 Å². The van der Waals surface area contributed by atoms with Gasteiger partial charge in [-0.1, -0.05) is 6.07 Å². The predicted molar refractivity (Wildman–Crippen MR) is 83.0 cm³/mol. The maximum Gasteiger partial charge on any atom is 0.273 e. The number of piperazine rings is 1. The van der Waals surface area contributed by atoms with Crippen LogP contribution in [0.5, 0.6) is 0 Å². The molecule has 21 heavy (non-hydrogen) atoms. The highest BCUT2D eigenvalue weighted by Crippen LogP contribution is 2.23. The van der Waals surface area contributed by atoms with Crippen molar-refractivity contribution in [3.63, 3.8) is 0 Å². The number of nitro groups is 1. The number of halogens is 1. The average molecular weight is 314 g/mol. The van der Waals surface area contributed by atoms with Gasteiger partial charge in [0.15, 0.2) is 0 Å². The summed E-state index contributed by atoms with van der Waals surface area (Å²) in [6, 6.07) is 4.93. The van der Waals surface area contributed by atoms with Crippen molar-refractivity contribution < 1.29 is 9.72 Å². The minimum absolute atomic E-state index is 0. The van der Waals surface area contributed by atoms with Crippen molar-refractivity contribution in [2.24, 2.45) is 0 Å². The molecule has 2 atom stereocenters. The van der Waals surface area contributed by atoms with E-state index in [0.29, 0.717) is 17.7 Å². The first-order valence-corrected chi connectivity index (χ1v) is 6.72. The molecule has 0 bridgehead atoms. The van der Waals surface area contributed by atoms with Crippen LogP contribution in [-0.2, 0) is 0 Å². The van der Waals surface area contributed by atoms with Gasteiger partial charge in [-0.2, -0.15) is 0 Å². The van der Waals surface area contributed by atoms with Crippen LogP contribution in [0.4, 0.5) is 5.69 Å². The molecule has 7 heteroatoms. The molecule has 0 aromatic heterocycles. The van der Waals surface area contributed by atoms with E-state index in [9.17, 15) is 14.9 Å². The monoisotopic (exact) mass is 313 g/mol. The van der Waals surface area contributed by atoms with Crippen LogP contribution in [-0.4, -0.2) is 40.9 Å². The van der Waals surface area contributed by atoms with Crippen LogP contribution in [0.15, 0.2) is 18.2 Å². The van der Waals surface area contributed by atoms with Gasteiger partial charge in [0.2, 0.25) is 0 Å². The first-order valence-electron chi connectivity index (χ1n) is 6.72. The van der Waals surface area contributed by atoms with E-state index in [1.54, 1.807) is 24.0 Å². The summed E-state index contributed by atoms with van der Waals surface area (Å²) in [4.78, 5) is 24.9. The van der Waals surface area contributed by atoms with Gasteiger partial charge in [0.25, 0.3) is 11.6 Å². The number of nitrogens with zero attached hydrogens (tertiary/aromatic N) is 2. The Morgan fingerprint density at radius 3 is 2.71 bits per heavy atom. The first kappa shape index (κ1) is 17.4. The lowest BCUT2D eigenvalue weighted by Crippen LogP contribution is -2.57. The van der Waals surface area contributed by atoms with Crippen molar-refractivity contribution in [3.8, 4) is 0 Å². The van der Waals surface area contributed by atoms with E-state index < -0.39 is 4.92 Å². The smallest absolute Gasteiger partial charge is 0.273 e. The van der Waals surface area contributed by atoms with E-state index in [1.165, 1.54) is 6.07 Å². The largest absolute Gasteiger partial charge is 0.333 e. The molecule has 1 saturated heterocycles. The normalized spacial score (nSPS) is 21.6. The number of nitro benzene ring substituents is 1. The van der Waals surface area contributed by atoms with Gasteiger partial charge >= 0.3 is 0 Å². The Balaban J connectivity index is 0.00000220. The minimum Gasteiger partial charge on any atom is -0.333 e. The average Bonchev–Trinajstić information content (AvgIpc) is 2.41. The third-order valence-electron chi connectivity index (χ3n) is 4.03. The molecule has 0 spiro atoms. The lowest BCUT2D eigenvalue weighted by atomic mass is 10.0. The minimum atomic E-state index is -0.448. The maximum atomic E-state index is 12.6. The quantitative estimate of drug-likeness (QED) is 0.670. The topological polar surface area (TPSA) is 75.5 Å². The second-order valence-corrected chi connectivity index (χ2v) is 5.19. The number of carbonyl (C=O) groups excluding carboxylic acids is 1. The summed E-state index contributed by atoms with van der Waals surface area (Å²) in [6.45, 7) is 7.01. The Labute approximate surface area is 130 Å². The molecule has 116 valence electrons. The van der Waals surface area contributed by atoms with E-state index in [4.69, 9.17) is 0 Å². The van der Waals surface area contributed by atoms with Crippen molar-refractivity contribution in [2.75, 3.05) is 13.1 Å². The summed E-state index contributed by atoms with van der Waals surface area (Å²) in [5.41, 5.74) is 0.840. The first-order chi connectivity index (χ1) is 9.43. The van der Waals surface area contributed by atoms with Crippen molar-refractivity contribution in [2.45, 2.75) is 32.9 Å². The molecule has 1 aliphatic heterocycles. The van der Waals surface area contributed by atoms with Gasteiger partial charge in [-0.3, -0.25) is 14.9 Å². The molecule has 6 nitrogen and oxygen atoms in total. The highest BCUT2D eigenvalue weighted by molar-refractivity contribution is 5.96. The molecule has 0 radical (unpaired) electrons. The zero-order valence-corrected chi connectivity index (χ0v) is 13.1. The summed E-state index contributed by atoms with van der Waals surface area (Å²) >= 11 is 0. The molecule has 1 aromatic carbocycles. The van der Waals surface area contributed by atoms with E-state index in [-0.39, 0.29) is 36.1 Å². The number of hydrogen-bond acceptors (Lipinski definition) is 4. The van der Waals surface area contributed by atoms with E-state index >= 15 is 0 Å². The Morgan fingerprint density at radius 2 is 2.10 bits per heavy atom. The number of amides is 1. The van der Waals surface area contributed by atoms with Crippen LogP contribution >= 0.6 is 12.4 Å². The van der Waals surface area contributed by atoms with Gasteiger partial charge in [-0.05, 0) is 26.8 Å². The van der Waals surface area contributed by atoms with E-state index in [2.05, 4.69) is 5.32 Å². The Kier molecular flexibility index (Phi) is 5.69. The summed E-state index contributed by atoms with van der Waals surface area (Å²) < 4.78 is 0. The summed E-state index contributed by atoms with van der Waals surface area (Å²) in [7, 11) is 0. The number of nitrogens with one attached hydrogen (secondary N) is 1. The fourth-order valence-corrected chi connectivity index (χ4v) is 2.55. The standard InChI is InChI=1S/C14H19N3O3.ClH/c1-9-12(5-4-6-13(9)17(19)20)14(18)16-8-7-15-10(2)11(16)3;/h4-6,10-11,15H,7-8H2,1-3H3;1H. The van der Waals surface area contributed by atoms with Gasteiger partial charge in [-0.25, -0.2) is 0 Å². The van der Waals surface area contributed by atoms with Crippen LogP contribution < -0.4 is 5.32 Å². The van der Waals surface area contributed by atoms with Gasteiger partial charge in [-0.15, -0.1) is 12.4 Å². The van der Waals surface area contributed by atoms with Crippen molar-refractivity contribution in [3.05, 3.63) is 39.4 Å². The van der Waals surface area contributed by atoms with Crippen molar-refractivity contribution in [1.82, 2.24) is 10.2 Å². The molecule has 0 saturated carbocycles. The molecule has 1 amide bonds. The number of benzene rings is 1. The third kappa shape index (κ3) is 3.33. The Hall–Kier alpha value is -1.66. The van der Waals surface area contributed by atoms with Gasteiger partial charge in [0.05, 0.1) is 4.92 Å².